The molecule has 16 heavy (non-hydrogen) atoms. The number of carbonyl (C=O) groups excluding carboxylic acids is 1. The zero-order valence-electron chi connectivity index (χ0n) is 9.77. The van der Waals surface area contributed by atoms with Crippen LogP contribution in [0.2, 0.25) is 0 Å². The van der Waals surface area contributed by atoms with E-state index in [1.807, 2.05) is 24.0 Å². The average Bonchev–Trinajstić information content (AvgIpc) is 2.62. The van der Waals surface area contributed by atoms with E-state index >= 15 is 0 Å². The number of aryl methyl sites for hydroxylation is 1. The highest BCUT2D eigenvalue weighted by Crippen LogP contribution is 2.21. The molecule has 1 amide bonds. The smallest absolute Gasteiger partial charge is 0.263 e. The summed E-state index contributed by atoms with van der Waals surface area (Å²) in [6, 6.07) is 4.03. The van der Waals surface area contributed by atoms with E-state index in [0.717, 1.165) is 17.8 Å². The molecule has 2 rings (SSSR count). The van der Waals surface area contributed by atoms with Crippen LogP contribution < -0.4 is 5.73 Å². The Hall–Kier alpha value is -0.870. The summed E-state index contributed by atoms with van der Waals surface area (Å²) in [5, 5.41) is 0. The zero-order chi connectivity index (χ0) is 11.7. The van der Waals surface area contributed by atoms with Crippen molar-refractivity contribution in [3.8, 4) is 0 Å². The number of thiophene rings is 1. The van der Waals surface area contributed by atoms with Crippen molar-refractivity contribution in [3.63, 3.8) is 0 Å². The molecule has 0 radical (unpaired) electrons. The Morgan fingerprint density at radius 3 is 2.81 bits per heavy atom. The number of amides is 1. The van der Waals surface area contributed by atoms with Crippen molar-refractivity contribution in [1.29, 1.82) is 0 Å². The number of nitrogens with two attached hydrogens (primary N) is 1. The predicted octanol–water partition coefficient (Wildman–Crippen LogP) is 1.87. The van der Waals surface area contributed by atoms with E-state index in [9.17, 15) is 4.79 Å². The van der Waals surface area contributed by atoms with Crippen LogP contribution in [0.4, 0.5) is 0 Å². The van der Waals surface area contributed by atoms with Gasteiger partial charge in [-0.3, -0.25) is 4.79 Å². The number of likely N-dealkylation sites (tertiary alicyclic amines) is 1. The van der Waals surface area contributed by atoms with Crippen molar-refractivity contribution < 1.29 is 4.79 Å². The molecule has 2 N–H and O–H groups in total. The first-order valence-corrected chi connectivity index (χ1v) is 6.49. The normalized spacial score (nSPS) is 25.8. The van der Waals surface area contributed by atoms with Gasteiger partial charge in [0.05, 0.1) is 4.88 Å². The molecule has 0 spiro atoms. The van der Waals surface area contributed by atoms with Gasteiger partial charge in [-0.05, 0) is 31.4 Å². The number of hydrogen-bond donors (Lipinski definition) is 1. The van der Waals surface area contributed by atoms with Gasteiger partial charge in [-0.2, -0.15) is 0 Å². The van der Waals surface area contributed by atoms with E-state index < -0.39 is 0 Å². The van der Waals surface area contributed by atoms with E-state index in [1.54, 1.807) is 11.3 Å². The average molecular weight is 238 g/mol. The summed E-state index contributed by atoms with van der Waals surface area (Å²) in [7, 11) is 0. The third kappa shape index (κ3) is 2.44. The summed E-state index contributed by atoms with van der Waals surface area (Å²) in [5.74, 6) is 0.647. The SMILES string of the molecule is Cc1ccc(C(=O)N2CC(C)CC(N)C2)s1. The van der Waals surface area contributed by atoms with Crippen molar-refractivity contribution >= 4 is 17.2 Å². The van der Waals surface area contributed by atoms with E-state index in [-0.39, 0.29) is 11.9 Å². The van der Waals surface area contributed by atoms with Crippen LogP contribution >= 0.6 is 11.3 Å². The zero-order valence-corrected chi connectivity index (χ0v) is 10.6. The Bertz CT molecular complexity index is 378. The molecule has 1 aliphatic heterocycles. The van der Waals surface area contributed by atoms with Crippen molar-refractivity contribution in [3.05, 3.63) is 21.9 Å². The van der Waals surface area contributed by atoms with Crippen LogP contribution in [-0.2, 0) is 0 Å². The molecular formula is C12H18N2OS. The van der Waals surface area contributed by atoms with Gasteiger partial charge in [0.1, 0.15) is 0 Å². The maximum atomic E-state index is 12.2. The van der Waals surface area contributed by atoms with Crippen LogP contribution in [0.25, 0.3) is 0 Å². The molecule has 0 aliphatic carbocycles. The molecule has 1 aromatic rings. The second kappa shape index (κ2) is 4.55. The third-order valence-corrected chi connectivity index (χ3v) is 3.92. The number of carbonyl (C=O) groups is 1. The molecule has 88 valence electrons. The first-order valence-electron chi connectivity index (χ1n) is 5.67. The van der Waals surface area contributed by atoms with Gasteiger partial charge in [0.15, 0.2) is 0 Å². The molecule has 1 aliphatic rings. The first kappa shape index (κ1) is 11.6. The number of rotatable bonds is 1. The van der Waals surface area contributed by atoms with Crippen LogP contribution in [0.5, 0.6) is 0 Å². The molecule has 1 aromatic heterocycles. The summed E-state index contributed by atoms with van der Waals surface area (Å²) >= 11 is 1.56. The minimum absolute atomic E-state index is 0.133. The summed E-state index contributed by atoms with van der Waals surface area (Å²) < 4.78 is 0. The summed E-state index contributed by atoms with van der Waals surface area (Å²) in [5.41, 5.74) is 5.95. The highest BCUT2D eigenvalue weighted by Gasteiger charge is 2.26. The van der Waals surface area contributed by atoms with Gasteiger partial charge in [0.2, 0.25) is 0 Å². The summed E-state index contributed by atoms with van der Waals surface area (Å²) in [6.07, 6.45) is 1.02. The van der Waals surface area contributed by atoms with Crippen LogP contribution in [-0.4, -0.2) is 29.9 Å². The standard InChI is InChI=1S/C12H18N2OS/c1-8-5-10(13)7-14(6-8)12(15)11-4-3-9(2)16-11/h3-4,8,10H,5-7,13H2,1-2H3. The monoisotopic (exact) mass is 238 g/mol. The quantitative estimate of drug-likeness (QED) is 0.812. The van der Waals surface area contributed by atoms with Gasteiger partial charge < -0.3 is 10.6 Å². The van der Waals surface area contributed by atoms with Crippen LogP contribution in [0.1, 0.15) is 27.9 Å². The Labute approximate surface area is 100 Å². The maximum absolute atomic E-state index is 12.2. The Morgan fingerprint density at radius 1 is 1.50 bits per heavy atom. The second-order valence-corrected chi connectivity index (χ2v) is 6.01. The topological polar surface area (TPSA) is 46.3 Å². The fourth-order valence-corrected chi connectivity index (χ4v) is 3.11. The van der Waals surface area contributed by atoms with E-state index in [0.29, 0.717) is 12.5 Å². The van der Waals surface area contributed by atoms with Gasteiger partial charge in [0.25, 0.3) is 5.91 Å². The molecule has 0 bridgehead atoms. The van der Waals surface area contributed by atoms with E-state index in [2.05, 4.69) is 6.92 Å². The fourth-order valence-electron chi connectivity index (χ4n) is 2.27. The van der Waals surface area contributed by atoms with Crippen molar-refractivity contribution in [2.24, 2.45) is 11.7 Å². The highest BCUT2D eigenvalue weighted by atomic mass is 32.1. The second-order valence-electron chi connectivity index (χ2n) is 4.72. The fraction of sp³-hybridized carbons (Fsp3) is 0.583. The molecule has 0 aromatic carbocycles. The van der Waals surface area contributed by atoms with Gasteiger partial charge >= 0.3 is 0 Å². The predicted molar refractivity (Wildman–Crippen MR) is 66.7 cm³/mol. The van der Waals surface area contributed by atoms with Crippen molar-refractivity contribution in [2.75, 3.05) is 13.1 Å². The van der Waals surface area contributed by atoms with Crippen LogP contribution in [0.15, 0.2) is 12.1 Å². The lowest BCUT2D eigenvalue weighted by Crippen LogP contribution is -2.48. The van der Waals surface area contributed by atoms with E-state index in [1.165, 1.54) is 4.88 Å². The first-order chi connectivity index (χ1) is 7.56. The third-order valence-electron chi connectivity index (χ3n) is 2.93. The van der Waals surface area contributed by atoms with Gasteiger partial charge in [-0.15, -0.1) is 11.3 Å². The number of piperidine rings is 1. The molecule has 1 fully saturated rings. The van der Waals surface area contributed by atoms with E-state index in [4.69, 9.17) is 5.73 Å². The lowest BCUT2D eigenvalue weighted by atomic mass is 9.96. The lowest BCUT2D eigenvalue weighted by Gasteiger charge is -2.34. The molecule has 2 unspecified atom stereocenters. The van der Waals surface area contributed by atoms with Gasteiger partial charge in [-0.25, -0.2) is 0 Å². The van der Waals surface area contributed by atoms with Crippen molar-refractivity contribution in [1.82, 2.24) is 4.90 Å². The van der Waals surface area contributed by atoms with Crippen LogP contribution in [0, 0.1) is 12.8 Å². The Kier molecular flexibility index (Phi) is 3.30. The summed E-state index contributed by atoms with van der Waals surface area (Å²) in [4.78, 5) is 16.1. The molecule has 0 saturated carbocycles. The molecule has 2 atom stereocenters. The Balaban J connectivity index is 2.09. The van der Waals surface area contributed by atoms with Crippen LogP contribution in [0.3, 0.4) is 0 Å². The molecule has 4 heteroatoms. The molecular weight excluding hydrogens is 220 g/mol. The number of nitrogens with zero attached hydrogens (tertiary/aromatic N) is 1. The van der Waals surface area contributed by atoms with Gasteiger partial charge in [-0.1, -0.05) is 6.92 Å². The van der Waals surface area contributed by atoms with Crippen molar-refractivity contribution in [2.45, 2.75) is 26.3 Å². The lowest BCUT2D eigenvalue weighted by molar-refractivity contribution is 0.0666. The highest BCUT2D eigenvalue weighted by molar-refractivity contribution is 7.13. The summed E-state index contributed by atoms with van der Waals surface area (Å²) in [6.45, 7) is 5.70. The molecule has 3 nitrogen and oxygen atoms in total. The largest absolute Gasteiger partial charge is 0.336 e. The molecule has 2 heterocycles. The minimum atomic E-state index is 0.133. The Morgan fingerprint density at radius 2 is 2.25 bits per heavy atom. The maximum Gasteiger partial charge on any atom is 0.263 e. The van der Waals surface area contributed by atoms with Gasteiger partial charge in [0, 0.05) is 24.0 Å². The molecule has 1 saturated heterocycles. The minimum Gasteiger partial charge on any atom is -0.336 e. The number of hydrogen-bond acceptors (Lipinski definition) is 3.